The van der Waals surface area contributed by atoms with Gasteiger partial charge in [-0.15, -0.1) is 10.2 Å². The van der Waals surface area contributed by atoms with Crippen molar-refractivity contribution in [2.45, 2.75) is 26.1 Å². The normalized spacial score (nSPS) is 12.0. The van der Waals surface area contributed by atoms with Gasteiger partial charge in [-0.25, -0.2) is 0 Å². The van der Waals surface area contributed by atoms with Crippen molar-refractivity contribution < 1.29 is 4.79 Å². The molecular formula is C16H18N6OS. The molecule has 1 unspecified atom stereocenters. The molecule has 0 spiro atoms. The smallest absolute Gasteiger partial charge is 0.286 e. The highest BCUT2D eigenvalue weighted by Crippen LogP contribution is 2.13. The average molecular weight is 342 g/mol. The van der Waals surface area contributed by atoms with Gasteiger partial charge in [-0.2, -0.15) is 5.10 Å². The average Bonchev–Trinajstić information content (AvgIpc) is 3.25. The lowest BCUT2D eigenvalue weighted by Gasteiger charge is -2.12. The van der Waals surface area contributed by atoms with E-state index in [1.165, 1.54) is 11.3 Å². The number of hydrogen-bond donors (Lipinski definition) is 2. The summed E-state index contributed by atoms with van der Waals surface area (Å²) in [6.45, 7) is 3.41. The SMILES string of the molecule is CC(Cn1cccn1)NCc1nnc(C(=O)Nc2ccccc2)s1. The Hall–Kier alpha value is -2.58. The van der Waals surface area contributed by atoms with Gasteiger partial charge in [-0.1, -0.05) is 29.5 Å². The molecule has 1 atom stereocenters. The molecule has 2 N–H and O–H groups in total. The van der Waals surface area contributed by atoms with Crippen molar-refractivity contribution in [3.63, 3.8) is 0 Å². The molecule has 1 aromatic carbocycles. The molecule has 3 rings (SSSR count). The van der Waals surface area contributed by atoms with Gasteiger partial charge >= 0.3 is 0 Å². The highest BCUT2D eigenvalue weighted by atomic mass is 32.1. The summed E-state index contributed by atoms with van der Waals surface area (Å²) in [6, 6.07) is 11.4. The number of nitrogens with zero attached hydrogens (tertiary/aromatic N) is 4. The number of hydrogen-bond acceptors (Lipinski definition) is 6. The predicted molar refractivity (Wildman–Crippen MR) is 92.8 cm³/mol. The van der Waals surface area contributed by atoms with E-state index in [2.05, 4.69) is 32.9 Å². The number of carbonyl (C=O) groups is 1. The Morgan fingerprint density at radius 2 is 2.08 bits per heavy atom. The van der Waals surface area contributed by atoms with Gasteiger partial charge in [0, 0.05) is 24.1 Å². The highest BCUT2D eigenvalue weighted by molar-refractivity contribution is 7.13. The predicted octanol–water partition coefficient (Wildman–Crippen LogP) is 2.17. The second-order valence-electron chi connectivity index (χ2n) is 5.33. The van der Waals surface area contributed by atoms with Gasteiger partial charge in [-0.3, -0.25) is 9.48 Å². The van der Waals surface area contributed by atoms with E-state index in [-0.39, 0.29) is 11.9 Å². The number of rotatable bonds is 7. The van der Waals surface area contributed by atoms with E-state index in [9.17, 15) is 4.79 Å². The van der Waals surface area contributed by atoms with Crippen molar-refractivity contribution in [2.24, 2.45) is 0 Å². The Labute approximate surface area is 143 Å². The minimum Gasteiger partial charge on any atom is -0.320 e. The van der Waals surface area contributed by atoms with Crippen LogP contribution in [0.1, 0.15) is 21.7 Å². The minimum absolute atomic E-state index is 0.232. The number of carbonyl (C=O) groups excluding carboxylic acids is 1. The molecule has 0 radical (unpaired) electrons. The van der Waals surface area contributed by atoms with Crippen LogP contribution in [-0.4, -0.2) is 31.9 Å². The van der Waals surface area contributed by atoms with Crippen molar-refractivity contribution in [1.82, 2.24) is 25.3 Å². The third-order valence-electron chi connectivity index (χ3n) is 3.31. The molecule has 2 heterocycles. The molecular weight excluding hydrogens is 324 g/mol. The monoisotopic (exact) mass is 342 g/mol. The molecule has 0 aliphatic rings. The number of nitrogens with one attached hydrogen (secondary N) is 2. The number of anilines is 1. The molecule has 3 aromatic rings. The van der Waals surface area contributed by atoms with Crippen LogP contribution in [0.2, 0.25) is 0 Å². The largest absolute Gasteiger partial charge is 0.320 e. The van der Waals surface area contributed by atoms with E-state index in [1.807, 2.05) is 47.3 Å². The van der Waals surface area contributed by atoms with Gasteiger partial charge in [0.05, 0.1) is 13.1 Å². The van der Waals surface area contributed by atoms with Crippen molar-refractivity contribution in [3.05, 3.63) is 58.8 Å². The molecule has 2 aromatic heterocycles. The Kier molecular flexibility index (Phi) is 5.29. The molecule has 0 aliphatic carbocycles. The summed E-state index contributed by atoms with van der Waals surface area (Å²) in [5, 5.41) is 19.5. The van der Waals surface area contributed by atoms with E-state index >= 15 is 0 Å². The first-order chi connectivity index (χ1) is 11.7. The fraction of sp³-hybridized carbons (Fsp3) is 0.250. The second kappa shape index (κ2) is 7.80. The van der Waals surface area contributed by atoms with Crippen molar-refractivity contribution in [2.75, 3.05) is 5.32 Å². The first kappa shape index (κ1) is 16.3. The van der Waals surface area contributed by atoms with Crippen LogP contribution in [0, 0.1) is 0 Å². The first-order valence-corrected chi connectivity index (χ1v) is 8.42. The molecule has 24 heavy (non-hydrogen) atoms. The Balaban J connectivity index is 1.50. The topological polar surface area (TPSA) is 84.7 Å². The van der Waals surface area contributed by atoms with Gasteiger partial charge in [0.25, 0.3) is 5.91 Å². The fourth-order valence-corrected chi connectivity index (χ4v) is 2.82. The van der Waals surface area contributed by atoms with Crippen molar-refractivity contribution >= 4 is 22.9 Å². The standard InChI is InChI=1S/C16H18N6OS/c1-12(11-22-9-5-8-18-22)17-10-14-20-21-16(24-14)15(23)19-13-6-3-2-4-7-13/h2-9,12,17H,10-11H2,1H3,(H,19,23). The molecule has 7 nitrogen and oxygen atoms in total. The zero-order valence-electron chi connectivity index (χ0n) is 13.2. The van der Waals surface area contributed by atoms with Crippen LogP contribution in [0.25, 0.3) is 0 Å². The zero-order valence-corrected chi connectivity index (χ0v) is 14.0. The zero-order chi connectivity index (χ0) is 16.8. The second-order valence-corrected chi connectivity index (χ2v) is 6.39. The molecule has 0 saturated heterocycles. The molecule has 124 valence electrons. The van der Waals surface area contributed by atoms with Crippen LogP contribution in [0.4, 0.5) is 5.69 Å². The van der Waals surface area contributed by atoms with Gasteiger partial charge in [0.15, 0.2) is 0 Å². The summed E-state index contributed by atoms with van der Waals surface area (Å²) < 4.78 is 1.87. The molecule has 1 amide bonds. The lowest BCUT2D eigenvalue weighted by Crippen LogP contribution is -2.30. The number of benzene rings is 1. The van der Waals surface area contributed by atoms with E-state index in [0.717, 1.165) is 17.2 Å². The van der Waals surface area contributed by atoms with Crippen LogP contribution in [0.3, 0.4) is 0 Å². The molecule has 0 fully saturated rings. The van der Waals surface area contributed by atoms with Crippen LogP contribution in [-0.2, 0) is 13.1 Å². The van der Waals surface area contributed by atoms with E-state index in [0.29, 0.717) is 11.6 Å². The summed E-state index contributed by atoms with van der Waals surface area (Å²) in [4.78, 5) is 12.1. The van der Waals surface area contributed by atoms with Crippen LogP contribution < -0.4 is 10.6 Å². The Morgan fingerprint density at radius 3 is 2.83 bits per heavy atom. The van der Waals surface area contributed by atoms with Gasteiger partial charge in [-0.05, 0) is 25.1 Å². The fourth-order valence-electron chi connectivity index (χ4n) is 2.14. The molecule has 0 saturated carbocycles. The summed E-state index contributed by atoms with van der Waals surface area (Å²) in [5.74, 6) is -0.241. The van der Waals surface area contributed by atoms with E-state index in [4.69, 9.17) is 0 Å². The van der Waals surface area contributed by atoms with Gasteiger partial charge < -0.3 is 10.6 Å². The molecule has 8 heteroatoms. The van der Waals surface area contributed by atoms with Crippen LogP contribution >= 0.6 is 11.3 Å². The maximum atomic E-state index is 12.1. The van der Waals surface area contributed by atoms with Gasteiger partial charge in [0.1, 0.15) is 5.01 Å². The number of aromatic nitrogens is 4. The molecule has 0 aliphatic heterocycles. The van der Waals surface area contributed by atoms with Crippen molar-refractivity contribution in [1.29, 1.82) is 0 Å². The lowest BCUT2D eigenvalue weighted by molar-refractivity contribution is 0.102. The summed E-state index contributed by atoms with van der Waals surface area (Å²) in [5.41, 5.74) is 0.741. The molecule has 0 bridgehead atoms. The maximum Gasteiger partial charge on any atom is 0.286 e. The Morgan fingerprint density at radius 1 is 1.25 bits per heavy atom. The van der Waals surface area contributed by atoms with Gasteiger partial charge in [0.2, 0.25) is 5.01 Å². The first-order valence-electron chi connectivity index (χ1n) is 7.60. The number of para-hydroxylation sites is 1. The van der Waals surface area contributed by atoms with E-state index in [1.54, 1.807) is 6.20 Å². The van der Waals surface area contributed by atoms with Crippen LogP contribution in [0.15, 0.2) is 48.8 Å². The quantitative estimate of drug-likeness (QED) is 0.687. The number of amides is 1. The van der Waals surface area contributed by atoms with E-state index < -0.39 is 0 Å². The minimum atomic E-state index is -0.241. The summed E-state index contributed by atoms with van der Waals surface area (Å²) in [6.07, 6.45) is 3.68. The highest BCUT2D eigenvalue weighted by Gasteiger charge is 2.13. The maximum absolute atomic E-state index is 12.1. The van der Waals surface area contributed by atoms with Crippen LogP contribution in [0.5, 0.6) is 0 Å². The Bertz CT molecular complexity index is 771. The summed E-state index contributed by atoms with van der Waals surface area (Å²) >= 11 is 1.29. The summed E-state index contributed by atoms with van der Waals surface area (Å²) in [7, 11) is 0. The van der Waals surface area contributed by atoms with Crippen molar-refractivity contribution in [3.8, 4) is 0 Å². The third kappa shape index (κ3) is 4.46. The third-order valence-corrected chi connectivity index (χ3v) is 4.24. The lowest BCUT2D eigenvalue weighted by atomic mass is 10.3.